The Balaban J connectivity index is 1.34. The number of fused-ring (bicyclic) bond motifs is 1. The van der Waals surface area contributed by atoms with Gasteiger partial charge in [-0.2, -0.15) is 0 Å². The van der Waals surface area contributed by atoms with Crippen LogP contribution in [0.5, 0.6) is 0 Å². The van der Waals surface area contributed by atoms with Crippen molar-refractivity contribution in [1.29, 1.82) is 0 Å². The second-order valence-corrected chi connectivity index (χ2v) is 8.57. The number of thioether (sulfide) groups is 1. The summed E-state index contributed by atoms with van der Waals surface area (Å²) in [6.07, 6.45) is 1.01. The maximum atomic E-state index is 13.8. The van der Waals surface area contributed by atoms with Gasteiger partial charge in [-0.3, -0.25) is 14.9 Å². The Kier molecular flexibility index (Phi) is 5.87. The van der Waals surface area contributed by atoms with Crippen LogP contribution in [0.4, 0.5) is 10.1 Å². The van der Waals surface area contributed by atoms with Crippen LogP contribution in [0.1, 0.15) is 24.5 Å². The first-order valence-corrected chi connectivity index (χ1v) is 10.9. The molecule has 1 fully saturated rings. The molecule has 0 spiro atoms. The average molecular weight is 414 g/mol. The van der Waals surface area contributed by atoms with E-state index >= 15 is 0 Å². The zero-order chi connectivity index (χ0) is 20.4. The molecule has 2 heterocycles. The number of benzene rings is 2. The molecule has 0 radical (unpaired) electrons. The predicted octanol–water partition coefficient (Wildman–Crippen LogP) is 3.05. The molecule has 5 nitrogen and oxygen atoms in total. The van der Waals surface area contributed by atoms with Crippen molar-refractivity contribution in [3.63, 3.8) is 0 Å². The maximum Gasteiger partial charge on any atom is 0.227 e. The molecule has 2 aromatic carbocycles. The third-order valence-corrected chi connectivity index (χ3v) is 6.64. The van der Waals surface area contributed by atoms with Crippen molar-refractivity contribution in [3.8, 4) is 0 Å². The molecule has 0 aliphatic carbocycles. The van der Waals surface area contributed by atoms with Gasteiger partial charge in [0.25, 0.3) is 0 Å². The lowest BCUT2D eigenvalue weighted by Crippen LogP contribution is -2.59. The van der Waals surface area contributed by atoms with Crippen LogP contribution in [0.25, 0.3) is 0 Å². The van der Waals surface area contributed by atoms with Crippen molar-refractivity contribution in [2.24, 2.45) is 5.92 Å². The third-order valence-electron chi connectivity index (χ3n) is 5.57. The summed E-state index contributed by atoms with van der Waals surface area (Å²) >= 11 is 1.43. The van der Waals surface area contributed by atoms with Crippen molar-refractivity contribution in [2.75, 3.05) is 11.4 Å². The molecule has 7 heteroatoms. The number of nitrogens with one attached hydrogen (secondary N) is 2. The largest absolute Gasteiger partial charge is 0.331 e. The van der Waals surface area contributed by atoms with E-state index in [0.717, 1.165) is 12.1 Å². The minimum Gasteiger partial charge on any atom is -0.331 e. The van der Waals surface area contributed by atoms with Crippen LogP contribution >= 0.6 is 11.8 Å². The second-order valence-electron chi connectivity index (χ2n) is 7.48. The van der Waals surface area contributed by atoms with E-state index in [4.69, 9.17) is 0 Å². The van der Waals surface area contributed by atoms with Crippen molar-refractivity contribution < 1.29 is 14.0 Å². The molecule has 3 atom stereocenters. The summed E-state index contributed by atoms with van der Waals surface area (Å²) in [4.78, 5) is 27.3. The van der Waals surface area contributed by atoms with Gasteiger partial charge in [0.1, 0.15) is 11.3 Å². The zero-order valence-corrected chi connectivity index (χ0v) is 17.0. The summed E-state index contributed by atoms with van der Waals surface area (Å²) in [7, 11) is 0. The number of carbonyl (C=O) groups is 2. The van der Waals surface area contributed by atoms with Crippen molar-refractivity contribution in [2.45, 2.75) is 37.1 Å². The van der Waals surface area contributed by atoms with E-state index in [1.165, 1.54) is 23.4 Å². The molecule has 2 aromatic rings. The van der Waals surface area contributed by atoms with E-state index in [9.17, 15) is 14.0 Å². The predicted molar refractivity (Wildman–Crippen MR) is 113 cm³/mol. The number of halogens is 1. The number of hydrogen-bond acceptors (Lipinski definition) is 4. The monoisotopic (exact) mass is 413 g/mol. The Morgan fingerprint density at radius 1 is 1.21 bits per heavy atom. The lowest BCUT2D eigenvalue weighted by atomic mass is 9.94. The number of para-hydroxylation sites is 1. The molecule has 1 saturated heterocycles. The smallest absolute Gasteiger partial charge is 0.227 e. The van der Waals surface area contributed by atoms with Gasteiger partial charge in [0.2, 0.25) is 11.8 Å². The van der Waals surface area contributed by atoms with Crippen LogP contribution in [0.2, 0.25) is 0 Å². The molecule has 0 bridgehead atoms. The first-order valence-electron chi connectivity index (χ1n) is 9.82. The number of amides is 2. The van der Waals surface area contributed by atoms with Gasteiger partial charge < -0.3 is 10.2 Å². The molecule has 4 rings (SSSR count). The van der Waals surface area contributed by atoms with Crippen LogP contribution in [0.3, 0.4) is 0 Å². The van der Waals surface area contributed by atoms with Gasteiger partial charge in [0.15, 0.2) is 0 Å². The summed E-state index contributed by atoms with van der Waals surface area (Å²) in [6, 6.07) is 14.4. The van der Waals surface area contributed by atoms with Gasteiger partial charge in [0, 0.05) is 30.4 Å². The van der Waals surface area contributed by atoms with Crippen LogP contribution in [-0.4, -0.2) is 29.9 Å². The topological polar surface area (TPSA) is 61.4 Å². The SMILES string of the molecule is CC1NC(SCc2ccccc2F)NC(=O)C1CC(=O)N1CCc2ccccc21. The molecule has 152 valence electrons. The highest BCUT2D eigenvalue weighted by atomic mass is 32.2. The number of carbonyl (C=O) groups excluding carboxylic acids is 2. The fraction of sp³-hybridized carbons (Fsp3) is 0.364. The number of nitrogens with zero attached hydrogens (tertiary/aromatic N) is 1. The minimum absolute atomic E-state index is 0.0267. The summed E-state index contributed by atoms with van der Waals surface area (Å²) in [6.45, 7) is 2.58. The standard InChI is InChI=1S/C22H24FN3O2S/c1-14-17(12-20(27)26-11-10-15-6-3-5-9-19(15)26)21(28)25-22(24-14)29-13-16-7-2-4-8-18(16)23/h2-9,14,17,22,24H,10-13H2,1H3,(H,25,28). The lowest BCUT2D eigenvalue weighted by Gasteiger charge is -2.35. The minimum atomic E-state index is -0.430. The summed E-state index contributed by atoms with van der Waals surface area (Å²) < 4.78 is 13.8. The Morgan fingerprint density at radius 2 is 1.97 bits per heavy atom. The molecule has 0 aromatic heterocycles. The highest BCUT2D eigenvalue weighted by Gasteiger charge is 2.37. The molecule has 29 heavy (non-hydrogen) atoms. The average Bonchev–Trinajstić information content (AvgIpc) is 3.14. The number of hydrogen-bond donors (Lipinski definition) is 2. The normalized spacial score (nSPS) is 23.6. The Bertz CT molecular complexity index is 922. The highest BCUT2D eigenvalue weighted by Crippen LogP contribution is 2.30. The van der Waals surface area contributed by atoms with Gasteiger partial charge in [-0.05, 0) is 36.6 Å². The molecular formula is C22H24FN3O2S. The molecular weight excluding hydrogens is 389 g/mol. The fourth-order valence-electron chi connectivity index (χ4n) is 3.90. The summed E-state index contributed by atoms with van der Waals surface area (Å²) in [5.41, 5.74) is 2.42. The molecule has 2 aliphatic heterocycles. The zero-order valence-electron chi connectivity index (χ0n) is 16.2. The second kappa shape index (κ2) is 8.55. The van der Waals surface area contributed by atoms with E-state index in [0.29, 0.717) is 17.9 Å². The van der Waals surface area contributed by atoms with E-state index < -0.39 is 5.92 Å². The summed E-state index contributed by atoms with van der Waals surface area (Å²) in [5, 5.41) is 6.26. The quantitative estimate of drug-likeness (QED) is 0.791. The molecule has 2 N–H and O–H groups in total. The van der Waals surface area contributed by atoms with Gasteiger partial charge in [-0.1, -0.05) is 36.4 Å². The van der Waals surface area contributed by atoms with E-state index in [1.807, 2.05) is 31.2 Å². The van der Waals surface area contributed by atoms with Gasteiger partial charge in [-0.25, -0.2) is 4.39 Å². The van der Waals surface area contributed by atoms with Crippen molar-refractivity contribution in [1.82, 2.24) is 10.6 Å². The Hall–Kier alpha value is -2.38. The summed E-state index contributed by atoms with van der Waals surface area (Å²) in [5.74, 6) is -0.389. The maximum absolute atomic E-state index is 13.8. The first-order chi connectivity index (χ1) is 14.0. The van der Waals surface area contributed by atoms with Gasteiger partial charge >= 0.3 is 0 Å². The van der Waals surface area contributed by atoms with Crippen LogP contribution in [-0.2, 0) is 21.8 Å². The third kappa shape index (κ3) is 4.31. The molecule has 3 unspecified atom stereocenters. The van der Waals surface area contributed by atoms with Crippen molar-refractivity contribution >= 4 is 29.3 Å². The van der Waals surface area contributed by atoms with E-state index in [2.05, 4.69) is 10.6 Å². The molecule has 2 aliphatic rings. The Labute approximate surface area is 174 Å². The number of rotatable bonds is 5. The van der Waals surface area contributed by atoms with Crippen LogP contribution in [0.15, 0.2) is 48.5 Å². The fourth-order valence-corrected chi connectivity index (χ4v) is 4.99. The van der Waals surface area contributed by atoms with E-state index in [1.54, 1.807) is 23.1 Å². The van der Waals surface area contributed by atoms with Crippen LogP contribution in [0, 0.1) is 11.7 Å². The lowest BCUT2D eigenvalue weighted by molar-refractivity contribution is -0.132. The van der Waals surface area contributed by atoms with E-state index in [-0.39, 0.29) is 35.6 Å². The van der Waals surface area contributed by atoms with Gasteiger partial charge in [-0.15, -0.1) is 11.8 Å². The van der Waals surface area contributed by atoms with Crippen LogP contribution < -0.4 is 15.5 Å². The first kappa shape index (κ1) is 19.9. The molecule has 0 saturated carbocycles. The highest BCUT2D eigenvalue weighted by molar-refractivity contribution is 7.99. The number of anilines is 1. The van der Waals surface area contributed by atoms with Gasteiger partial charge in [0.05, 0.1) is 5.92 Å². The Morgan fingerprint density at radius 3 is 2.76 bits per heavy atom. The molecule has 2 amide bonds. The van der Waals surface area contributed by atoms with Crippen molar-refractivity contribution in [3.05, 3.63) is 65.5 Å².